The summed E-state index contributed by atoms with van der Waals surface area (Å²) >= 11 is 0. The Hall–Kier alpha value is -2.49. The third kappa shape index (κ3) is 5.33. The van der Waals surface area contributed by atoms with Gasteiger partial charge in [0.1, 0.15) is 11.5 Å². The van der Waals surface area contributed by atoms with Crippen molar-refractivity contribution >= 4 is 5.97 Å². The molecule has 1 atom stereocenters. The molecule has 0 heterocycles. The van der Waals surface area contributed by atoms with Crippen LogP contribution in [0.5, 0.6) is 11.5 Å². The Kier molecular flexibility index (Phi) is 6.48. The van der Waals surface area contributed by atoms with E-state index in [9.17, 15) is 9.90 Å². The van der Waals surface area contributed by atoms with Gasteiger partial charge in [0.2, 0.25) is 0 Å². The molecule has 2 aromatic carbocycles. The van der Waals surface area contributed by atoms with Crippen LogP contribution in [-0.4, -0.2) is 24.3 Å². The van der Waals surface area contributed by atoms with Crippen LogP contribution in [0.4, 0.5) is 0 Å². The quantitative estimate of drug-likeness (QED) is 0.708. The Bertz CT molecular complexity index is 593. The summed E-state index contributed by atoms with van der Waals surface area (Å²) in [5.41, 5.74) is 0.834. The summed E-state index contributed by atoms with van der Waals surface area (Å²) in [5.74, 6) is 0.298. The Balaban J connectivity index is 1.80. The van der Waals surface area contributed by atoms with Crippen LogP contribution >= 0.6 is 0 Å². The molecule has 0 saturated carbocycles. The first-order chi connectivity index (χ1) is 11.2. The molecule has 2 aromatic rings. The molecule has 0 aliphatic rings. The van der Waals surface area contributed by atoms with Crippen molar-refractivity contribution in [3.05, 3.63) is 60.2 Å². The SMILES string of the molecule is CCOc1ccc(OCCCC(C(=O)O)c2ccccc2)cc1. The first kappa shape index (κ1) is 16.9. The molecule has 0 spiro atoms. The van der Waals surface area contributed by atoms with Gasteiger partial charge in [0.25, 0.3) is 0 Å². The van der Waals surface area contributed by atoms with E-state index in [1.165, 1.54) is 0 Å². The molecule has 0 bridgehead atoms. The highest BCUT2D eigenvalue weighted by molar-refractivity contribution is 5.75. The molecule has 0 aliphatic heterocycles. The van der Waals surface area contributed by atoms with Gasteiger partial charge < -0.3 is 14.6 Å². The largest absolute Gasteiger partial charge is 0.494 e. The fourth-order valence-corrected chi connectivity index (χ4v) is 2.39. The van der Waals surface area contributed by atoms with Crippen molar-refractivity contribution in [1.29, 1.82) is 0 Å². The first-order valence-electron chi connectivity index (χ1n) is 7.84. The number of rotatable bonds is 9. The summed E-state index contributed by atoms with van der Waals surface area (Å²) in [4.78, 5) is 11.4. The second-order valence-corrected chi connectivity index (χ2v) is 5.20. The topological polar surface area (TPSA) is 55.8 Å². The average Bonchev–Trinajstić information content (AvgIpc) is 2.57. The number of hydrogen-bond acceptors (Lipinski definition) is 3. The van der Waals surface area contributed by atoms with E-state index in [-0.39, 0.29) is 0 Å². The molecule has 0 radical (unpaired) electrons. The molecule has 4 nitrogen and oxygen atoms in total. The molecule has 0 aliphatic carbocycles. The van der Waals surface area contributed by atoms with E-state index in [1.807, 2.05) is 61.5 Å². The van der Waals surface area contributed by atoms with Gasteiger partial charge in [-0.1, -0.05) is 30.3 Å². The molecular weight excluding hydrogens is 292 g/mol. The zero-order valence-electron chi connectivity index (χ0n) is 13.3. The third-order valence-electron chi connectivity index (χ3n) is 3.54. The zero-order chi connectivity index (χ0) is 16.5. The monoisotopic (exact) mass is 314 g/mol. The van der Waals surface area contributed by atoms with Gasteiger partial charge in [0, 0.05) is 0 Å². The van der Waals surface area contributed by atoms with Gasteiger partial charge in [-0.3, -0.25) is 4.79 Å². The predicted octanol–water partition coefficient (Wildman–Crippen LogP) is 4.11. The first-order valence-corrected chi connectivity index (χ1v) is 7.84. The summed E-state index contributed by atoms with van der Waals surface area (Å²) < 4.78 is 11.0. The summed E-state index contributed by atoms with van der Waals surface area (Å²) in [6, 6.07) is 16.8. The highest BCUT2D eigenvalue weighted by Gasteiger charge is 2.18. The fourth-order valence-electron chi connectivity index (χ4n) is 2.39. The van der Waals surface area contributed by atoms with Crippen molar-refractivity contribution in [3.63, 3.8) is 0 Å². The van der Waals surface area contributed by atoms with Crippen molar-refractivity contribution in [2.24, 2.45) is 0 Å². The van der Waals surface area contributed by atoms with Crippen molar-refractivity contribution in [2.45, 2.75) is 25.7 Å². The number of aliphatic carboxylic acids is 1. The summed E-state index contributed by atoms with van der Waals surface area (Å²) in [7, 11) is 0. The van der Waals surface area contributed by atoms with E-state index in [0.29, 0.717) is 26.1 Å². The second kappa shape index (κ2) is 8.83. The number of benzene rings is 2. The molecule has 4 heteroatoms. The molecule has 1 unspecified atom stereocenters. The summed E-state index contributed by atoms with van der Waals surface area (Å²) in [6.07, 6.45) is 1.23. The number of carbonyl (C=O) groups is 1. The maximum atomic E-state index is 11.4. The molecule has 0 fully saturated rings. The smallest absolute Gasteiger partial charge is 0.310 e. The molecular formula is C19H22O4. The number of hydrogen-bond donors (Lipinski definition) is 1. The van der Waals surface area contributed by atoms with Gasteiger partial charge in [-0.15, -0.1) is 0 Å². The molecule has 23 heavy (non-hydrogen) atoms. The van der Waals surface area contributed by atoms with Gasteiger partial charge in [-0.25, -0.2) is 0 Å². The van der Waals surface area contributed by atoms with Crippen LogP contribution in [0, 0.1) is 0 Å². The lowest BCUT2D eigenvalue weighted by Gasteiger charge is -2.13. The van der Waals surface area contributed by atoms with Crippen LogP contribution in [-0.2, 0) is 4.79 Å². The van der Waals surface area contributed by atoms with Gasteiger partial charge in [0.05, 0.1) is 19.1 Å². The van der Waals surface area contributed by atoms with Crippen molar-refractivity contribution < 1.29 is 19.4 Å². The lowest BCUT2D eigenvalue weighted by atomic mass is 9.95. The molecule has 0 aromatic heterocycles. The van der Waals surface area contributed by atoms with E-state index >= 15 is 0 Å². The normalized spacial score (nSPS) is 11.7. The van der Waals surface area contributed by atoms with Crippen LogP contribution in [0.3, 0.4) is 0 Å². The van der Waals surface area contributed by atoms with Crippen LogP contribution < -0.4 is 9.47 Å². The van der Waals surface area contributed by atoms with E-state index < -0.39 is 11.9 Å². The maximum Gasteiger partial charge on any atom is 0.310 e. The average molecular weight is 314 g/mol. The standard InChI is InChI=1S/C19H22O4/c1-2-22-16-10-12-17(13-11-16)23-14-6-9-18(19(20)21)15-7-4-3-5-8-15/h3-5,7-8,10-13,18H,2,6,9,14H2,1H3,(H,20,21). The number of carboxylic acid groups (broad SMARTS) is 1. The zero-order valence-corrected chi connectivity index (χ0v) is 13.3. The van der Waals surface area contributed by atoms with Gasteiger partial charge in [0.15, 0.2) is 0 Å². The van der Waals surface area contributed by atoms with E-state index in [0.717, 1.165) is 17.1 Å². The van der Waals surface area contributed by atoms with Gasteiger partial charge >= 0.3 is 5.97 Å². The summed E-state index contributed by atoms with van der Waals surface area (Å²) in [6.45, 7) is 3.07. The van der Waals surface area contributed by atoms with Crippen LogP contribution in [0.15, 0.2) is 54.6 Å². The third-order valence-corrected chi connectivity index (χ3v) is 3.54. The lowest BCUT2D eigenvalue weighted by Crippen LogP contribution is -2.13. The van der Waals surface area contributed by atoms with Crippen molar-refractivity contribution in [1.82, 2.24) is 0 Å². The predicted molar refractivity (Wildman–Crippen MR) is 89.2 cm³/mol. The minimum Gasteiger partial charge on any atom is -0.494 e. The van der Waals surface area contributed by atoms with Crippen LogP contribution in [0.25, 0.3) is 0 Å². The maximum absolute atomic E-state index is 11.4. The van der Waals surface area contributed by atoms with Crippen LogP contribution in [0.2, 0.25) is 0 Å². The molecule has 122 valence electrons. The van der Waals surface area contributed by atoms with Crippen molar-refractivity contribution in [2.75, 3.05) is 13.2 Å². The second-order valence-electron chi connectivity index (χ2n) is 5.20. The van der Waals surface area contributed by atoms with Crippen LogP contribution in [0.1, 0.15) is 31.2 Å². The Morgan fingerprint density at radius 2 is 1.61 bits per heavy atom. The summed E-state index contributed by atoms with van der Waals surface area (Å²) in [5, 5.41) is 9.37. The highest BCUT2D eigenvalue weighted by Crippen LogP contribution is 2.22. The Morgan fingerprint density at radius 1 is 1.00 bits per heavy atom. The van der Waals surface area contributed by atoms with E-state index in [2.05, 4.69) is 0 Å². The minimum atomic E-state index is -0.794. The Labute approximate surface area is 136 Å². The van der Waals surface area contributed by atoms with E-state index in [4.69, 9.17) is 9.47 Å². The number of ether oxygens (including phenoxy) is 2. The van der Waals surface area contributed by atoms with Gasteiger partial charge in [-0.05, 0) is 49.6 Å². The highest BCUT2D eigenvalue weighted by atomic mass is 16.5. The Morgan fingerprint density at radius 3 is 2.17 bits per heavy atom. The molecule has 2 rings (SSSR count). The minimum absolute atomic E-state index is 0.486. The van der Waals surface area contributed by atoms with Crippen molar-refractivity contribution in [3.8, 4) is 11.5 Å². The van der Waals surface area contributed by atoms with E-state index in [1.54, 1.807) is 0 Å². The molecule has 0 saturated heterocycles. The molecule has 1 N–H and O–H groups in total. The molecule has 0 amide bonds. The lowest BCUT2D eigenvalue weighted by molar-refractivity contribution is -0.139. The number of carboxylic acids is 1. The van der Waals surface area contributed by atoms with Gasteiger partial charge in [-0.2, -0.15) is 0 Å². The fraction of sp³-hybridized carbons (Fsp3) is 0.316.